The summed E-state index contributed by atoms with van der Waals surface area (Å²) in [7, 11) is 0. The van der Waals surface area contributed by atoms with Crippen LogP contribution in [-0.2, 0) is 22.3 Å². The van der Waals surface area contributed by atoms with Gasteiger partial charge in [0.05, 0.1) is 24.3 Å². The lowest BCUT2D eigenvalue weighted by Crippen LogP contribution is -2.17. The Bertz CT molecular complexity index is 1010. The maximum atomic E-state index is 13.1. The summed E-state index contributed by atoms with van der Waals surface area (Å²) in [4.78, 5) is 26.2. The van der Waals surface area contributed by atoms with Gasteiger partial charge in [-0.15, -0.1) is 0 Å². The molecule has 31 heavy (non-hydrogen) atoms. The van der Waals surface area contributed by atoms with Gasteiger partial charge in [0.2, 0.25) is 0 Å². The first-order chi connectivity index (χ1) is 15.1. The van der Waals surface area contributed by atoms with Crippen LogP contribution < -0.4 is 0 Å². The van der Waals surface area contributed by atoms with Crippen LogP contribution in [0.4, 0.5) is 0 Å². The molecule has 0 fully saturated rings. The SMILES string of the molecule is CCCCC#Cc1c(C(=O)OCC)c2c(c(C(=O)OCC)c1-c1ccccc1)CCC2. The molecule has 162 valence electrons. The molecule has 1 aliphatic rings. The Morgan fingerprint density at radius 2 is 1.52 bits per heavy atom. The van der Waals surface area contributed by atoms with Gasteiger partial charge in [-0.2, -0.15) is 0 Å². The first kappa shape index (κ1) is 22.6. The van der Waals surface area contributed by atoms with E-state index in [9.17, 15) is 9.59 Å². The van der Waals surface area contributed by atoms with E-state index in [1.165, 1.54) is 0 Å². The maximum Gasteiger partial charge on any atom is 0.339 e. The molecule has 0 heterocycles. The van der Waals surface area contributed by atoms with Crippen molar-refractivity contribution in [3.05, 3.63) is 58.1 Å². The van der Waals surface area contributed by atoms with Crippen molar-refractivity contribution in [3.63, 3.8) is 0 Å². The van der Waals surface area contributed by atoms with Crippen molar-refractivity contribution in [2.24, 2.45) is 0 Å². The summed E-state index contributed by atoms with van der Waals surface area (Å²) in [6, 6.07) is 9.68. The van der Waals surface area contributed by atoms with Gasteiger partial charge < -0.3 is 9.47 Å². The van der Waals surface area contributed by atoms with Crippen molar-refractivity contribution in [1.29, 1.82) is 0 Å². The summed E-state index contributed by atoms with van der Waals surface area (Å²) in [5, 5.41) is 0. The van der Waals surface area contributed by atoms with E-state index in [0.29, 0.717) is 28.9 Å². The minimum Gasteiger partial charge on any atom is -0.462 e. The van der Waals surface area contributed by atoms with Crippen LogP contribution in [0.15, 0.2) is 30.3 Å². The Kier molecular flexibility index (Phi) is 7.89. The van der Waals surface area contributed by atoms with Crippen LogP contribution >= 0.6 is 0 Å². The van der Waals surface area contributed by atoms with Crippen LogP contribution in [0, 0.1) is 11.8 Å². The third-order valence-corrected chi connectivity index (χ3v) is 5.46. The highest BCUT2D eigenvalue weighted by molar-refractivity contribution is 6.06. The maximum absolute atomic E-state index is 13.1. The Morgan fingerprint density at radius 1 is 0.903 bits per heavy atom. The summed E-state index contributed by atoms with van der Waals surface area (Å²) in [5.74, 6) is 5.77. The van der Waals surface area contributed by atoms with E-state index < -0.39 is 0 Å². The number of ether oxygens (including phenoxy) is 2. The van der Waals surface area contributed by atoms with Gasteiger partial charge in [-0.3, -0.25) is 0 Å². The summed E-state index contributed by atoms with van der Waals surface area (Å²) in [6.45, 7) is 6.31. The number of hydrogen-bond acceptors (Lipinski definition) is 4. The van der Waals surface area contributed by atoms with Crippen LogP contribution in [0.25, 0.3) is 11.1 Å². The smallest absolute Gasteiger partial charge is 0.339 e. The first-order valence-corrected chi connectivity index (χ1v) is 11.2. The predicted octanol–water partition coefficient (Wildman–Crippen LogP) is 5.74. The van der Waals surface area contributed by atoms with E-state index in [4.69, 9.17) is 9.47 Å². The van der Waals surface area contributed by atoms with E-state index in [0.717, 1.165) is 55.2 Å². The Hall–Kier alpha value is -3.06. The molecule has 0 aliphatic heterocycles. The molecule has 0 unspecified atom stereocenters. The predicted molar refractivity (Wildman–Crippen MR) is 122 cm³/mol. The highest BCUT2D eigenvalue weighted by atomic mass is 16.5. The minimum atomic E-state index is -0.368. The third kappa shape index (κ3) is 4.82. The number of carbonyl (C=O) groups is 2. The lowest BCUT2D eigenvalue weighted by molar-refractivity contribution is 0.0510. The Balaban J connectivity index is 2.39. The van der Waals surface area contributed by atoms with E-state index in [1.54, 1.807) is 13.8 Å². The normalized spacial score (nSPS) is 12.0. The lowest BCUT2D eigenvalue weighted by Gasteiger charge is -2.20. The molecular weight excluding hydrogens is 388 g/mol. The van der Waals surface area contributed by atoms with Crippen molar-refractivity contribution in [3.8, 4) is 23.0 Å². The van der Waals surface area contributed by atoms with Gasteiger partial charge in [-0.25, -0.2) is 9.59 Å². The third-order valence-electron chi connectivity index (χ3n) is 5.46. The average molecular weight is 419 g/mol. The summed E-state index contributed by atoms with van der Waals surface area (Å²) in [5.41, 5.74) is 4.99. The van der Waals surface area contributed by atoms with Gasteiger partial charge in [-0.1, -0.05) is 55.5 Å². The molecule has 0 atom stereocenters. The molecule has 0 aromatic heterocycles. The van der Waals surface area contributed by atoms with Crippen LogP contribution in [0.1, 0.15) is 83.9 Å². The minimum absolute atomic E-state index is 0.288. The Morgan fingerprint density at radius 3 is 2.13 bits per heavy atom. The molecule has 1 aliphatic carbocycles. The molecule has 0 amide bonds. The van der Waals surface area contributed by atoms with Gasteiger partial charge in [0.25, 0.3) is 0 Å². The van der Waals surface area contributed by atoms with Gasteiger partial charge in [0.1, 0.15) is 0 Å². The fourth-order valence-electron chi connectivity index (χ4n) is 4.14. The number of benzene rings is 2. The molecule has 3 rings (SSSR count). The molecule has 2 aromatic carbocycles. The average Bonchev–Trinajstić information content (AvgIpc) is 3.25. The topological polar surface area (TPSA) is 52.6 Å². The quantitative estimate of drug-likeness (QED) is 0.327. The number of fused-ring (bicyclic) bond motifs is 1. The number of carbonyl (C=O) groups excluding carboxylic acids is 2. The second-order valence-corrected chi connectivity index (χ2v) is 7.52. The van der Waals surface area contributed by atoms with Crippen molar-refractivity contribution < 1.29 is 19.1 Å². The zero-order valence-corrected chi connectivity index (χ0v) is 18.7. The fourth-order valence-corrected chi connectivity index (χ4v) is 4.14. The lowest BCUT2D eigenvalue weighted by atomic mass is 9.84. The van der Waals surface area contributed by atoms with Crippen molar-refractivity contribution >= 4 is 11.9 Å². The van der Waals surface area contributed by atoms with Crippen LogP contribution in [-0.4, -0.2) is 25.2 Å². The largest absolute Gasteiger partial charge is 0.462 e. The number of esters is 2. The summed E-state index contributed by atoms with van der Waals surface area (Å²) < 4.78 is 10.9. The molecule has 0 bridgehead atoms. The second kappa shape index (κ2) is 10.8. The van der Waals surface area contributed by atoms with Crippen LogP contribution in [0.5, 0.6) is 0 Å². The van der Waals surface area contributed by atoms with E-state index >= 15 is 0 Å². The van der Waals surface area contributed by atoms with Gasteiger partial charge in [0.15, 0.2) is 0 Å². The Labute approximate surface area is 185 Å². The van der Waals surface area contributed by atoms with E-state index in [-0.39, 0.29) is 18.5 Å². The molecule has 4 heteroatoms. The molecule has 2 aromatic rings. The molecule has 0 radical (unpaired) electrons. The number of unbranched alkanes of at least 4 members (excludes halogenated alkanes) is 2. The van der Waals surface area contributed by atoms with Crippen LogP contribution in [0.3, 0.4) is 0 Å². The van der Waals surface area contributed by atoms with E-state index in [1.807, 2.05) is 30.3 Å². The molecule has 0 saturated carbocycles. The van der Waals surface area contributed by atoms with Gasteiger partial charge >= 0.3 is 11.9 Å². The fraction of sp³-hybridized carbons (Fsp3) is 0.407. The zero-order valence-electron chi connectivity index (χ0n) is 18.7. The van der Waals surface area contributed by atoms with E-state index in [2.05, 4.69) is 18.8 Å². The zero-order chi connectivity index (χ0) is 22.2. The second-order valence-electron chi connectivity index (χ2n) is 7.52. The summed E-state index contributed by atoms with van der Waals surface area (Å²) in [6.07, 6.45) is 5.11. The number of rotatable bonds is 7. The highest BCUT2D eigenvalue weighted by Crippen LogP contribution is 2.40. The van der Waals surface area contributed by atoms with Gasteiger partial charge in [0, 0.05) is 17.5 Å². The molecule has 0 saturated heterocycles. The highest BCUT2D eigenvalue weighted by Gasteiger charge is 2.33. The van der Waals surface area contributed by atoms with Crippen molar-refractivity contribution in [1.82, 2.24) is 0 Å². The van der Waals surface area contributed by atoms with Gasteiger partial charge in [-0.05, 0) is 56.2 Å². The standard InChI is InChI=1S/C27H30O4/c1-4-7-8-12-16-22-23(19-14-10-9-11-15-19)25(27(29)31-6-3)21-18-13-17-20(21)24(22)26(28)30-5-2/h9-11,14-15H,4-8,13,17-18H2,1-3H3. The summed E-state index contributed by atoms with van der Waals surface area (Å²) >= 11 is 0. The number of hydrogen-bond donors (Lipinski definition) is 0. The molecular formula is C27H30O4. The van der Waals surface area contributed by atoms with Crippen LogP contribution in [0.2, 0.25) is 0 Å². The monoisotopic (exact) mass is 418 g/mol. The molecule has 0 N–H and O–H groups in total. The molecule has 0 spiro atoms. The van der Waals surface area contributed by atoms with Crippen molar-refractivity contribution in [2.75, 3.05) is 13.2 Å². The van der Waals surface area contributed by atoms with Crippen molar-refractivity contribution in [2.45, 2.75) is 59.3 Å². The molecule has 4 nitrogen and oxygen atoms in total. The first-order valence-electron chi connectivity index (χ1n) is 11.2.